The van der Waals surface area contributed by atoms with Crippen LogP contribution < -0.4 is 27.4 Å². The van der Waals surface area contributed by atoms with Crippen molar-refractivity contribution in [2.45, 2.75) is 50.7 Å². The zero-order valence-corrected chi connectivity index (χ0v) is 14.7. The summed E-state index contributed by atoms with van der Waals surface area (Å²) in [4.78, 5) is 57.3. The summed E-state index contributed by atoms with van der Waals surface area (Å²) >= 11 is 0. The molecule has 0 unspecified atom stereocenters. The molecule has 0 heterocycles. The van der Waals surface area contributed by atoms with Gasteiger partial charge in [0.05, 0.1) is 19.0 Å². The summed E-state index contributed by atoms with van der Waals surface area (Å²) in [5.74, 6) is -3.07. The number of hydrogen-bond donors (Lipinski definition) is 6. The number of carboxylic acids is 1. The first-order chi connectivity index (χ1) is 12.2. The second kappa shape index (κ2) is 12.8. The van der Waals surface area contributed by atoms with Crippen molar-refractivity contribution in [2.24, 2.45) is 11.5 Å². The lowest BCUT2D eigenvalue weighted by atomic mass is 10.1. The molecule has 26 heavy (non-hydrogen) atoms. The monoisotopic (exact) mass is 373 g/mol. The van der Waals surface area contributed by atoms with Crippen LogP contribution in [0.2, 0.25) is 0 Å². The molecule has 11 heteroatoms. The zero-order chi connectivity index (χ0) is 20.1. The summed E-state index contributed by atoms with van der Waals surface area (Å²) in [6.07, 6.45) is 1.13. The quantitative estimate of drug-likeness (QED) is 0.147. The Kier molecular flexibility index (Phi) is 11.5. The van der Waals surface area contributed by atoms with E-state index in [0.717, 1.165) is 0 Å². The maximum atomic E-state index is 12.3. The Balaban J connectivity index is 4.93. The minimum Gasteiger partial charge on any atom is -0.481 e. The zero-order valence-electron chi connectivity index (χ0n) is 14.7. The Bertz CT molecular complexity index is 513. The van der Waals surface area contributed by atoms with Gasteiger partial charge in [-0.15, -0.1) is 0 Å². The molecular formula is C15H27N5O6. The molecule has 0 bridgehead atoms. The number of nitrogens with one attached hydrogen (secondary N) is 3. The predicted octanol–water partition coefficient (Wildman–Crippen LogP) is -2.78. The van der Waals surface area contributed by atoms with Crippen LogP contribution in [-0.4, -0.2) is 66.3 Å². The molecule has 0 radical (unpaired) electrons. The first-order valence-corrected chi connectivity index (χ1v) is 8.22. The van der Waals surface area contributed by atoms with E-state index in [9.17, 15) is 24.0 Å². The topological polar surface area (TPSA) is 194 Å². The van der Waals surface area contributed by atoms with Gasteiger partial charge in [0.1, 0.15) is 18.4 Å². The van der Waals surface area contributed by atoms with Gasteiger partial charge in [0.25, 0.3) is 0 Å². The number of carbonyl (C=O) groups excluding carboxylic acids is 4. The van der Waals surface area contributed by atoms with Gasteiger partial charge >= 0.3 is 5.97 Å². The highest BCUT2D eigenvalue weighted by Crippen LogP contribution is 2.03. The lowest BCUT2D eigenvalue weighted by Gasteiger charge is -2.22. The maximum absolute atomic E-state index is 12.3. The van der Waals surface area contributed by atoms with E-state index in [1.807, 2.05) is 0 Å². The number of nitrogens with two attached hydrogens (primary N) is 2. The summed E-state index contributed by atoms with van der Waals surface area (Å²) in [5.41, 5.74) is 10.6. The number of rotatable bonds is 13. The lowest BCUT2D eigenvalue weighted by Crippen LogP contribution is -2.55. The summed E-state index contributed by atoms with van der Waals surface area (Å²) in [7, 11) is 0. The first kappa shape index (κ1) is 23.5. The van der Waals surface area contributed by atoms with E-state index in [1.54, 1.807) is 0 Å². The summed E-state index contributed by atoms with van der Waals surface area (Å²) in [6, 6.07) is -3.12. The molecule has 3 atom stereocenters. The molecule has 3 amide bonds. The number of hydrogen-bond acceptors (Lipinski definition) is 7. The van der Waals surface area contributed by atoms with Crippen molar-refractivity contribution in [3.8, 4) is 0 Å². The third-order valence-corrected chi connectivity index (χ3v) is 3.42. The standard InChI is InChI=1S/C15H27N5O6/c1-9(18-12(22)7-17)14(25)20-11(4-2-3-5-16)15(26)19-10(8-21)6-13(23)24/h8-11H,2-7,16-17H2,1H3,(H,18,22)(H,19,26)(H,20,25)(H,23,24)/t9-,10-,11-/m0/s1. The Morgan fingerprint density at radius 3 is 2.19 bits per heavy atom. The second-order valence-corrected chi connectivity index (χ2v) is 5.69. The third-order valence-electron chi connectivity index (χ3n) is 3.42. The van der Waals surface area contributed by atoms with E-state index >= 15 is 0 Å². The van der Waals surface area contributed by atoms with Gasteiger partial charge in [0.15, 0.2) is 0 Å². The fraction of sp³-hybridized carbons (Fsp3) is 0.667. The van der Waals surface area contributed by atoms with E-state index in [1.165, 1.54) is 6.92 Å². The number of aldehydes is 1. The Morgan fingerprint density at radius 1 is 1.04 bits per heavy atom. The summed E-state index contributed by atoms with van der Waals surface area (Å²) in [5, 5.41) is 15.8. The summed E-state index contributed by atoms with van der Waals surface area (Å²) < 4.78 is 0. The van der Waals surface area contributed by atoms with Crippen LogP contribution in [0.25, 0.3) is 0 Å². The van der Waals surface area contributed by atoms with Crippen LogP contribution in [0.3, 0.4) is 0 Å². The fourth-order valence-electron chi connectivity index (χ4n) is 2.03. The molecule has 0 rings (SSSR count). The van der Waals surface area contributed by atoms with Crippen LogP contribution in [0.4, 0.5) is 0 Å². The molecule has 0 fully saturated rings. The van der Waals surface area contributed by atoms with E-state index < -0.39 is 48.2 Å². The molecule has 0 aromatic carbocycles. The lowest BCUT2D eigenvalue weighted by molar-refractivity contribution is -0.139. The van der Waals surface area contributed by atoms with Gasteiger partial charge in [0.2, 0.25) is 17.7 Å². The Hall–Kier alpha value is -2.53. The fourth-order valence-corrected chi connectivity index (χ4v) is 2.03. The second-order valence-electron chi connectivity index (χ2n) is 5.69. The van der Waals surface area contributed by atoms with Crippen molar-refractivity contribution in [1.29, 1.82) is 0 Å². The van der Waals surface area contributed by atoms with Crippen molar-refractivity contribution >= 4 is 30.0 Å². The number of carboxylic acid groups (broad SMARTS) is 1. The Labute approximate surface area is 151 Å². The van der Waals surface area contributed by atoms with Crippen LogP contribution in [0.1, 0.15) is 32.6 Å². The maximum Gasteiger partial charge on any atom is 0.305 e. The molecule has 148 valence electrons. The van der Waals surface area contributed by atoms with E-state index in [0.29, 0.717) is 25.7 Å². The normalized spacial score (nSPS) is 13.8. The van der Waals surface area contributed by atoms with Gasteiger partial charge in [0, 0.05) is 0 Å². The molecule has 0 aromatic rings. The Morgan fingerprint density at radius 2 is 1.69 bits per heavy atom. The van der Waals surface area contributed by atoms with Gasteiger partial charge in [-0.3, -0.25) is 19.2 Å². The SMILES string of the molecule is C[C@H](NC(=O)CN)C(=O)N[C@@H](CCCCN)C(=O)N[C@H](C=O)CC(=O)O. The van der Waals surface area contributed by atoms with Crippen LogP contribution >= 0.6 is 0 Å². The predicted molar refractivity (Wildman–Crippen MR) is 91.7 cm³/mol. The summed E-state index contributed by atoms with van der Waals surface area (Å²) in [6.45, 7) is 1.55. The molecule has 0 aliphatic carbocycles. The van der Waals surface area contributed by atoms with Gasteiger partial charge in [-0.1, -0.05) is 0 Å². The largest absolute Gasteiger partial charge is 0.481 e. The van der Waals surface area contributed by atoms with Gasteiger partial charge in [-0.25, -0.2) is 0 Å². The van der Waals surface area contributed by atoms with Crippen LogP contribution in [0.15, 0.2) is 0 Å². The van der Waals surface area contributed by atoms with Crippen molar-refractivity contribution < 1.29 is 29.1 Å². The molecule has 0 saturated carbocycles. The molecule has 0 aliphatic heterocycles. The first-order valence-electron chi connectivity index (χ1n) is 8.22. The molecule has 11 nitrogen and oxygen atoms in total. The molecule has 0 saturated heterocycles. The van der Waals surface area contributed by atoms with Crippen LogP contribution in [-0.2, 0) is 24.0 Å². The minimum atomic E-state index is -1.25. The van der Waals surface area contributed by atoms with Gasteiger partial charge in [-0.2, -0.15) is 0 Å². The van der Waals surface area contributed by atoms with Crippen molar-refractivity contribution in [2.75, 3.05) is 13.1 Å². The number of aliphatic carboxylic acids is 1. The molecule has 0 spiro atoms. The highest BCUT2D eigenvalue weighted by atomic mass is 16.4. The number of amides is 3. The third kappa shape index (κ3) is 9.69. The van der Waals surface area contributed by atoms with E-state index in [-0.39, 0.29) is 13.0 Å². The average Bonchev–Trinajstić information content (AvgIpc) is 2.59. The number of unbranched alkanes of at least 4 members (excludes halogenated alkanes) is 1. The van der Waals surface area contributed by atoms with Crippen molar-refractivity contribution in [3.05, 3.63) is 0 Å². The van der Waals surface area contributed by atoms with Gasteiger partial charge in [-0.05, 0) is 32.7 Å². The smallest absolute Gasteiger partial charge is 0.305 e. The van der Waals surface area contributed by atoms with Crippen LogP contribution in [0, 0.1) is 0 Å². The molecule has 8 N–H and O–H groups in total. The van der Waals surface area contributed by atoms with E-state index in [4.69, 9.17) is 16.6 Å². The van der Waals surface area contributed by atoms with Crippen molar-refractivity contribution in [1.82, 2.24) is 16.0 Å². The highest BCUT2D eigenvalue weighted by molar-refractivity contribution is 5.93. The molecule has 0 aliphatic rings. The minimum absolute atomic E-state index is 0.241. The van der Waals surface area contributed by atoms with Crippen LogP contribution in [0.5, 0.6) is 0 Å². The highest BCUT2D eigenvalue weighted by Gasteiger charge is 2.26. The number of carbonyl (C=O) groups is 5. The van der Waals surface area contributed by atoms with Gasteiger partial charge < -0.3 is 37.3 Å². The van der Waals surface area contributed by atoms with E-state index in [2.05, 4.69) is 16.0 Å². The average molecular weight is 373 g/mol. The van der Waals surface area contributed by atoms with Crippen molar-refractivity contribution in [3.63, 3.8) is 0 Å². The molecule has 0 aromatic heterocycles. The molecular weight excluding hydrogens is 346 g/mol.